The number of carbonyl (C=O) groups excluding carboxylic acids is 4. The molecule has 1 aliphatic rings. The summed E-state index contributed by atoms with van der Waals surface area (Å²) in [7, 11) is 0. The number of halogens is 3. The summed E-state index contributed by atoms with van der Waals surface area (Å²) in [5.74, 6) is -3.56. The summed E-state index contributed by atoms with van der Waals surface area (Å²) in [6.45, 7) is 2.53. The van der Waals surface area contributed by atoms with Gasteiger partial charge in [0.05, 0.1) is 17.7 Å². The van der Waals surface area contributed by atoms with E-state index in [0.717, 1.165) is 0 Å². The topological polar surface area (TPSA) is 106 Å². The second-order valence-electron chi connectivity index (χ2n) is 6.11. The number of hydrogen-bond donors (Lipinski definition) is 1. The predicted molar refractivity (Wildman–Crippen MR) is 98.1 cm³/mol. The van der Waals surface area contributed by atoms with E-state index < -0.39 is 51.6 Å². The molecule has 1 atom stereocenters. The van der Waals surface area contributed by atoms with Gasteiger partial charge >= 0.3 is 12.1 Å². The molecular formula is C18H14F3N3O5S. The highest BCUT2D eigenvalue weighted by molar-refractivity contribution is 7.17. The maximum Gasteiger partial charge on any atom is 0.435 e. The van der Waals surface area contributed by atoms with Crippen LogP contribution in [-0.2, 0) is 15.7 Å². The Balaban J connectivity index is 1.83. The number of nitrogens with one attached hydrogen (secondary N) is 1. The summed E-state index contributed by atoms with van der Waals surface area (Å²) in [4.78, 5) is 52.4. The van der Waals surface area contributed by atoms with Crippen molar-refractivity contribution < 1.29 is 37.1 Å². The summed E-state index contributed by atoms with van der Waals surface area (Å²) in [6.07, 6.45) is -4.95. The molecule has 158 valence electrons. The lowest BCUT2D eigenvalue weighted by Gasteiger charge is -2.21. The van der Waals surface area contributed by atoms with Gasteiger partial charge in [-0.25, -0.2) is 9.78 Å². The second kappa shape index (κ2) is 7.86. The highest BCUT2D eigenvalue weighted by Gasteiger charge is 2.42. The fourth-order valence-corrected chi connectivity index (χ4v) is 3.67. The Morgan fingerprint density at radius 1 is 1.20 bits per heavy atom. The summed E-state index contributed by atoms with van der Waals surface area (Å²) in [5.41, 5.74) is -1.24. The fourth-order valence-electron chi connectivity index (χ4n) is 2.79. The van der Waals surface area contributed by atoms with Crippen molar-refractivity contribution in [3.63, 3.8) is 0 Å². The van der Waals surface area contributed by atoms with Gasteiger partial charge in [0.2, 0.25) is 5.91 Å². The molecule has 1 N–H and O–H groups in total. The number of benzene rings is 1. The van der Waals surface area contributed by atoms with Gasteiger partial charge in [-0.05, 0) is 26.0 Å². The molecule has 2 aromatic rings. The maximum atomic E-state index is 13.2. The van der Waals surface area contributed by atoms with Crippen LogP contribution >= 0.6 is 11.3 Å². The lowest BCUT2D eigenvalue weighted by atomic mass is 10.1. The van der Waals surface area contributed by atoms with Crippen LogP contribution < -0.4 is 5.32 Å². The summed E-state index contributed by atoms with van der Waals surface area (Å²) in [5, 5.41) is 1.62. The summed E-state index contributed by atoms with van der Waals surface area (Å²) >= 11 is 0.286. The predicted octanol–water partition coefficient (Wildman–Crippen LogP) is 2.96. The molecule has 0 bridgehead atoms. The van der Waals surface area contributed by atoms with E-state index in [4.69, 9.17) is 0 Å². The quantitative estimate of drug-likeness (QED) is 0.565. The highest BCUT2D eigenvalue weighted by atomic mass is 32.1. The van der Waals surface area contributed by atoms with Crippen molar-refractivity contribution in [3.05, 3.63) is 46.0 Å². The Bertz CT molecular complexity index is 1010. The zero-order valence-electron chi connectivity index (χ0n) is 15.6. The fraction of sp³-hybridized carbons (Fsp3) is 0.278. The molecule has 0 fully saturated rings. The number of nitrogens with zero attached hydrogens (tertiary/aromatic N) is 2. The average Bonchev–Trinajstić information content (AvgIpc) is 3.22. The number of thiazole rings is 1. The third kappa shape index (κ3) is 3.77. The molecule has 30 heavy (non-hydrogen) atoms. The molecule has 0 radical (unpaired) electrons. The van der Waals surface area contributed by atoms with Crippen molar-refractivity contribution in [2.24, 2.45) is 0 Å². The molecule has 1 aromatic carbocycles. The summed E-state index contributed by atoms with van der Waals surface area (Å²) in [6, 6.07) is 4.65. The molecule has 1 unspecified atom stereocenters. The average molecular weight is 441 g/mol. The molecule has 3 amide bonds. The molecule has 0 saturated heterocycles. The van der Waals surface area contributed by atoms with Crippen LogP contribution in [0.3, 0.4) is 0 Å². The van der Waals surface area contributed by atoms with E-state index in [-0.39, 0.29) is 29.1 Å². The van der Waals surface area contributed by atoms with Gasteiger partial charge in [-0.1, -0.05) is 23.5 Å². The van der Waals surface area contributed by atoms with Crippen LogP contribution in [0.15, 0.2) is 24.3 Å². The van der Waals surface area contributed by atoms with Crippen molar-refractivity contribution in [1.82, 2.24) is 9.88 Å². The number of carbonyl (C=O) groups is 4. The molecule has 1 aliphatic heterocycles. The van der Waals surface area contributed by atoms with Crippen LogP contribution in [-0.4, -0.2) is 46.2 Å². The zero-order chi connectivity index (χ0) is 22.2. The molecule has 1 aromatic heterocycles. The van der Waals surface area contributed by atoms with Gasteiger partial charge in [0, 0.05) is 0 Å². The first-order chi connectivity index (χ1) is 14.1. The molecular weight excluding hydrogens is 427 g/mol. The maximum absolute atomic E-state index is 13.2. The van der Waals surface area contributed by atoms with Crippen LogP contribution in [0.1, 0.15) is 49.9 Å². The molecule has 3 rings (SSSR count). The number of esters is 1. The molecule has 0 aliphatic carbocycles. The van der Waals surface area contributed by atoms with Gasteiger partial charge in [-0.3, -0.25) is 19.3 Å². The largest absolute Gasteiger partial charge is 0.462 e. The Labute approximate surface area is 171 Å². The number of alkyl halides is 3. The van der Waals surface area contributed by atoms with Crippen molar-refractivity contribution in [1.29, 1.82) is 0 Å². The third-order valence-corrected chi connectivity index (χ3v) is 5.13. The Hall–Kier alpha value is -3.28. The minimum Gasteiger partial charge on any atom is -0.462 e. The number of anilines is 1. The minimum absolute atomic E-state index is 0.125. The van der Waals surface area contributed by atoms with E-state index in [1.165, 1.54) is 26.0 Å². The smallest absolute Gasteiger partial charge is 0.435 e. The van der Waals surface area contributed by atoms with Crippen molar-refractivity contribution in [2.45, 2.75) is 26.1 Å². The van der Waals surface area contributed by atoms with Gasteiger partial charge in [0.1, 0.15) is 10.9 Å². The molecule has 0 spiro atoms. The number of rotatable bonds is 5. The molecule has 2 heterocycles. The lowest BCUT2D eigenvalue weighted by Crippen LogP contribution is -2.45. The van der Waals surface area contributed by atoms with Crippen LogP contribution in [0.2, 0.25) is 0 Å². The Morgan fingerprint density at radius 3 is 2.27 bits per heavy atom. The first-order valence-electron chi connectivity index (χ1n) is 8.59. The van der Waals surface area contributed by atoms with Crippen molar-refractivity contribution in [2.75, 3.05) is 11.9 Å². The van der Waals surface area contributed by atoms with Gasteiger partial charge < -0.3 is 10.1 Å². The monoisotopic (exact) mass is 441 g/mol. The van der Waals surface area contributed by atoms with Crippen LogP contribution in [0.25, 0.3) is 0 Å². The van der Waals surface area contributed by atoms with E-state index in [0.29, 0.717) is 4.90 Å². The normalized spacial score (nSPS) is 14.5. The standard InChI is InChI=1S/C18H14F3N3O5S/c1-3-29-16(28)11-12(18(19,20)21)22-17(30-11)23-13(25)8(2)24-14(26)9-6-4-5-7-10(9)15(24)27/h4-8H,3H2,1-2H3,(H,22,23,25). The van der Waals surface area contributed by atoms with Crippen LogP contribution in [0.4, 0.5) is 18.3 Å². The van der Waals surface area contributed by atoms with E-state index in [1.54, 1.807) is 12.1 Å². The first-order valence-corrected chi connectivity index (χ1v) is 9.40. The zero-order valence-corrected chi connectivity index (χ0v) is 16.4. The van der Waals surface area contributed by atoms with Crippen LogP contribution in [0, 0.1) is 0 Å². The third-order valence-electron chi connectivity index (χ3n) is 4.18. The van der Waals surface area contributed by atoms with E-state index in [2.05, 4.69) is 15.0 Å². The Kier molecular flexibility index (Phi) is 5.61. The number of amides is 3. The van der Waals surface area contributed by atoms with E-state index >= 15 is 0 Å². The first kappa shape index (κ1) is 21.4. The molecule has 12 heteroatoms. The number of hydrogen-bond acceptors (Lipinski definition) is 7. The minimum atomic E-state index is -4.95. The SMILES string of the molecule is CCOC(=O)c1sc(NC(=O)C(C)N2C(=O)c3ccccc3C2=O)nc1C(F)(F)F. The molecule has 0 saturated carbocycles. The number of imide groups is 1. The van der Waals surface area contributed by atoms with E-state index in [9.17, 15) is 32.3 Å². The second-order valence-corrected chi connectivity index (χ2v) is 7.11. The number of aromatic nitrogens is 1. The van der Waals surface area contributed by atoms with Gasteiger partial charge in [-0.2, -0.15) is 13.2 Å². The number of ether oxygens (including phenoxy) is 1. The van der Waals surface area contributed by atoms with Gasteiger partial charge in [-0.15, -0.1) is 0 Å². The lowest BCUT2D eigenvalue weighted by molar-refractivity contribution is -0.141. The Morgan fingerprint density at radius 2 is 1.77 bits per heavy atom. The van der Waals surface area contributed by atoms with Crippen molar-refractivity contribution in [3.8, 4) is 0 Å². The van der Waals surface area contributed by atoms with Gasteiger partial charge in [0.25, 0.3) is 11.8 Å². The number of fused-ring (bicyclic) bond motifs is 1. The summed E-state index contributed by atoms with van der Waals surface area (Å²) < 4.78 is 44.1. The molecule has 8 nitrogen and oxygen atoms in total. The highest BCUT2D eigenvalue weighted by Crippen LogP contribution is 2.36. The van der Waals surface area contributed by atoms with Crippen LogP contribution in [0.5, 0.6) is 0 Å². The van der Waals surface area contributed by atoms with E-state index in [1.807, 2.05) is 0 Å². The van der Waals surface area contributed by atoms with Gasteiger partial charge in [0.15, 0.2) is 10.8 Å². The van der Waals surface area contributed by atoms with Crippen molar-refractivity contribution >= 4 is 40.2 Å².